The predicted octanol–water partition coefficient (Wildman–Crippen LogP) is 4.17. The van der Waals surface area contributed by atoms with Crippen LogP contribution in [0.5, 0.6) is 0 Å². The molecule has 0 radical (unpaired) electrons. The van der Waals surface area contributed by atoms with Crippen LogP contribution in [0.25, 0.3) is 6.08 Å². The third kappa shape index (κ3) is 4.69. The van der Waals surface area contributed by atoms with E-state index in [2.05, 4.69) is 5.32 Å². The molecule has 1 N–H and O–H groups in total. The van der Waals surface area contributed by atoms with Crippen LogP contribution in [-0.4, -0.2) is 18.5 Å². The van der Waals surface area contributed by atoms with Gasteiger partial charge in [0.15, 0.2) is 0 Å². The van der Waals surface area contributed by atoms with E-state index in [4.69, 9.17) is 16.3 Å². The minimum atomic E-state index is -0.474. The van der Waals surface area contributed by atoms with Gasteiger partial charge in [0.05, 0.1) is 17.9 Å². The lowest BCUT2D eigenvalue weighted by atomic mass is 10.1. The maximum atomic E-state index is 12.0. The van der Waals surface area contributed by atoms with Crippen LogP contribution in [0.2, 0.25) is 5.02 Å². The molecule has 5 heteroatoms. The van der Waals surface area contributed by atoms with E-state index in [0.717, 1.165) is 5.56 Å². The van der Waals surface area contributed by atoms with Crippen molar-refractivity contribution in [2.45, 2.75) is 6.92 Å². The van der Waals surface area contributed by atoms with Crippen molar-refractivity contribution in [3.8, 4) is 0 Å². The molecule has 2 aromatic carbocycles. The highest BCUT2D eigenvalue weighted by molar-refractivity contribution is 6.32. The second-order valence-corrected chi connectivity index (χ2v) is 5.02. The summed E-state index contributed by atoms with van der Waals surface area (Å²) in [4.78, 5) is 23.9. The van der Waals surface area contributed by atoms with Gasteiger partial charge in [-0.15, -0.1) is 0 Å². The zero-order valence-electron chi connectivity index (χ0n) is 12.6. The molecular weight excluding hydrogens is 314 g/mol. The standard InChI is InChI=1S/C18H16ClNO3/c1-2-23-18(22)14-8-4-6-10-16(14)20-17(21)12-11-13-7-3-5-9-15(13)19/h3-12H,2H2,1H3,(H,20,21). The van der Waals surface area contributed by atoms with E-state index in [1.54, 1.807) is 49.4 Å². The lowest BCUT2D eigenvalue weighted by Crippen LogP contribution is -2.13. The van der Waals surface area contributed by atoms with Crippen molar-refractivity contribution in [3.63, 3.8) is 0 Å². The minimum Gasteiger partial charge on any atom is -0.462 e. The Labute approximate surface area is 139 Å². The van der Waals surface area contributed by atoms with Crippen molar-refractivity contribution in [1.82, 2.24) is 0 Å². The molecule has 23 heavy (non-hydrogen) atoms. The number of hydrogen-bond donors (Lipinski definition) is 1. The first kappa shape index (κ1) is 16.8. The van der Waals surface area contributed by atoms with Crippen molar-refractivity contribution >= 4 is 35.2 Å². The van der Waals surface area contributed by atoms with E-state index in [0.29, 0.717) is 16.3 Å². The largest absolute Gasteiger partial charge is 0.462 e. The normalized spacial score (nSPS) is 10.5. The Morgan fingerprint density at radius 3 is 2.57 bits per heavy atom. The third-order valence-electron chi connectivity index (χ3n) is 3.00. The smallest absolute Gasteiger partial charge is 0.340 e. The highest BCUT2D eigenvalue weighted by atomic mass is 35.5. The van der Waals surface area contributed by atoms with Crippen molar-refractivity contribution in [1.29, 1.82) is 0 Å². The van der Waals surface area contributed by atoms with Gasteiger partial charge in [0.1, 0.15) is 0 Å². The first-order valence-corrected chi connectivity index (χ1v) is 7.49. The highest BCUT2D eigenvalue weighted by Gasteiger charge is 2.12. The van der Waals surface area contributed by atoms with Crippen LogP contribution in [0, 0.1) is 0 Å². The quantitative estimate of drug-likeness (QED) is 0.661. The topological polar surface area (TPSA) is 55.4 Å². The maximum absolute atomic E-state index is 12.0. The third-order valence-corrected chi connectivity index (χ3v) is 3.34. The Bertz CT molecular complexity index is 741. The fourth-order valence-electron chi connectivity index (χ4n) is 1.93. The van der Waals surface area contributed by atoms with Gasteiger partial charge < -0.3 is 10.1 Å². The van der Waals surface area contributed by atoms with Crippen molar-refractivity contribution in [2.75, 3.05) is 11.9 Å². The average Bonchev–Trinajstić information content (AvgIpc) is 2.55. The van der Waals surface area contributed by atoms with Crippen LogP contribution in [0.1, 0.15) is 22.8 Å². The first-order chi connectivity index (χ1) is 11.1. The van der Waals surface area contributed by atoms with E-state index in [1.165, 1.54) is 6.08 Å². The number of rotatable bonds is 5. The Kier molecular flexibility index (Phi) is 5.94. The highest BCUT2D eigenvalue weighted by Crippen LogP contribution is 2.18. The van der Waals surface area contributed by atoms with Gasteiger partial charge >= 0.3 is 5.97 Å². The first-order valence-electron chi connectivity index (χ1n) is 7.11. The molecule has 4 nitrogen and oxygen atoms in total. The molecule has 0 saturated heterocycles. The molecule has 0 spiro atoms. The molecule has 0 fully saturated rings. The zero-order chi connectivity index (χ0) is 16.7. The van der Waals surface area contributed by atoms with E-state index in [-0.39, 0.29) is 12.5 Å². The number of ether oxygens (including phenoxy) is 1. The summed E-state index contributed by atoms with van der Waals surface area (Å²) >= 11 is 6.03. The molecule has 0 saturated carbocycles. The van der Waals surface area contributed by atoms with Crippen molar-refractivity contribution in [2.24, 2.45) is 0 Å². The van der Waals surface area contributed by atoms with Gasteiger partial charge in [0, 0.05) is 11.1 Å². The number of amides is 1. The molecule has 0 aliphatic heterocycles. The Morgan fingerprint density at radius 2 is 1.83 bits per heavy atom. The van der Waals surface area contributed by atoms with Crippen LogP contribution in [-0.2, 0) is 9.53 Å². The fourth-order valence-corrected chi connectivity index (χ4v) is 2.13. The van der Waals surface area contributed by atoms with Gasteiger partial charge in [-0.25, -0.2) is 4.79 Å². The maximum Gasteiger partial charge on any atom is 0.340 e. The van der Waals surface area contributed by atoms with Crippen LogP contribution in [0.3, 0.4) is 0 Å². The zero-order valence-corrected chi connectivity index (χ0v) is 13.3. The second-order valence-electron chi connectivity index (χ2n) is 4.61. The summed E-state index contributed by atoms with van der Waals surface area (Å²) < 4.78 is 4.97. The van der Waals surface area contributed by atoms with E-state index in [9.17, 15) is 9.59 Å². The lowest BCUT2D eigenvalue weighted by molar-refractivity contribution is -0.111. The molecule has 0 aliphatic carbocycles. The summed E-state index contributed by atoms with van der Waals surface area (Å²) in [7, 11) is 0. The number of halogens is 1. The van der Waals surface area contributed by atoms with Crippen molar-refractivity contribution < 1.29 is 14.3 Å². The number of benzene rings is 2. The molecule has 2 aromatic rings. The molecule has 0 aliphatic rings. The summed E-state index contributed by atoms with van der Waals surface area (Å²) in [6.07, 6.45) is 2.98. The number of anilines is 1. The Balaban J connectivity index is 2.12. The summed E-state index contributed by atoms with van der Waals surface area (Å²) in [6, 6.07) is 13.9. The molecule has 118 valence electrons. The predicted molar refractivity (Wildman–Crippen MR) is 91.5 cm³/mol. The molecule has 0 atom stereocenters. The fraction of sp³-hybridized carbons (Fsp3) is 0.111. The molecule has 0 unspecified atom stereocenters. The number of carbonyl (C=O) groups is 2. The van der Waals surface area contributed by atoms with E-state index >= 15 is 0 Å². The average molecular weight is 330 g/mol. The van der Waals surface area contributed by atoms with Crippen LogP contribution in [0.4, 0.5) is 5.69 Å². The van der Waals surface area contributed by atoms with Gasteiger partial charge in [-0.2, -0.15) is 0 Å². The number of para-hydroxylation sites is 1. The molecule has 0 heterocycles. The van der Waals surface area contributed by atoms with Gasteiger partial charge in [-0.1, -0.05) is 41.9 Å². The van der Waals surface area contributed by atoms with Crippen LogP contribution >= 0.6 is 11.6 Å². The number of nitrogens with one attached hydrogen (secondary N) is 1. The molecule has 0 bridgehead atoms. The lowest BCUT2D eigenvalue weighted by Gasteiger charge is -2.08. The van der Waals surface area contributed by atoms with Gasteiger partial charge in [-0.05, 0) is 36.8 Å². The van der Waals surface area contributed by atoms with Gasteiger partial charge in [0.2, 0.25) is 5.91 Å². The Morgan fingerprint density at radius 1 is 1.13 bits per heavy atom. The second kappa shape index (κ2) is 8.15. The number of carbonyl (C=O) groups excluding carboxylic acids is 2. The minimum absolute atomic E-state index is 0.271. The number of esters is 1. The monoisotopic (exact) mass is 329 g/mol. The van der Waals surface area contributed by atoms with Crippen LogP contribution < -0.4 is 5.32 Å². The summed E-state index contributed by atoms with van der Waals surface area (Å²) in [5, 5.41) is 3.23. The summed E-state index contributed by atoms with van der Waals surface area (Å²) in [5.74, 6) is -0.833. The number of hydrogen-bond acceptors (Lipinski definition) is 3. The summed E-state index contributed by atoms with van der Waals surface area (Å²) in [5.41, 5.74) is 1.46. The Hall–Kier alpha value is -2.59. The molecule has 2 rings (SSSR count). The molecular formula is C18H16ClNO3. The van der Waals surface area contributed by atoms with Gasteiger partial charge in [-0.3, -0.25) is 4.79 Å². The molecule has 1 amide bonds. The van der Waals surface area contributed by atoms with Crippen molar-refractivity contribution in [3.05, 3.63) is 70.8 Å². The van der Waals surface area contributed by atoms with E-state index in [1.807, 2.05) is 12.1 Å². The van der Waals surface area contributed by atoms with E-state index < -0.39 is 5.97 Å². The summed E-state index contributed by atoms with van der Waals surface area (Å²) in [6.45, 7) is 2.00. The SMILES string of the molecule is CCOC(=O)c1ccccc1NC(=O)C=Cc1ccccc1Cl. The van der Waals surface area contributed by atoms with Crippen LogP contribution in [0.15, 0.2) is 54.6 Å². The molecule has 0 aromatic heterocycles. The van der Waals surface area contributed by atoms with Gasteiger partial charge in [0.25, 0.3) is 0 Å².